The van der Waals surface area contributed by atoms with Gasteiger partial charge in [-0.05, 0) is 24.3 Å². The molecule has 0 aromatic heterocycles. The normalized spacial score (nSPS) is 13.2. The van der Waals surface area contributed by atoms with Crippen molar-refractivity contribution in [1.29, 1.82) is 0 Å². The van der Waals surface area contributed by atoms with E-state index in [9.17, 15) is 39.6 Å². The molecule has 4 N–H and O–H groups in total. The Labute approximate surface area is 255 Å². The van der Waals surface area contributed by atoms with E-state index in [1.54, 1.807) is 34.1 Å². The predicted octanol–water partition coefficient (Wildman–Crippen LogP) is -0.340. The van der Waals surface area contributed by atoms with Crippen LogP contribution in [0.15, 0.2) is 74.9 Å². The highest BCUT2D eigenvalue weighted by molar-refractivity contribution is 5.82. The Hall–Kier alpha value is -4.50. The first-order valence-electron chi connectivity index (χ1n) is 13.4. The van der Waals surface area contributed by atoms with Gasteiger partial charge in [-0.2, -0.15) is 0 Å². The molecule has 242 valence electrons. The summed E-state index contributed by atoms with van der Waals surface area (Å²) in [5.41, 5.74) is 0.996. The summed E-state index contributed by atoms with van der Waals surface area (Å²) in [5, 5.41) is 41.9. The standard InChI is InChI=1S/C30H40N2O12/c1-5-27(37)41-17-23(33)13-31(14-24(34)18-42-28(38)6-2)21-9-11-22(12-10-21)32(15-25(35)19-43-29(39)7-3)16-26(36)20-44-30(40)8-4/h5-12,23-26,33-36H,1-4,13-20H2. The second-order valence-corrected chi connectivity index (χ2v) is 9.28. The lowest BCUT2D eigenvalue weighted by molar-refractivity contribution is -0.141. The van der Waals surface area contributed by atoms with Crippen molar-refractivity contribution in [2.45, 2.75) is 24.4 Å². The zero-order chi connectivity index (χ0) is 33.1. The molecule has 0 heterocycles. The summed E-state index contributed by atoms with van der Waals surface area (Å²) in [4.78, 5) is 48.7. The van der Waals surface area contributed by atoms with Crippen LogP contribution in [0.5, 0.6) is 0 Å². The third kappa shape index (κ3) is 15.1. The van der Waals surface area contributed by atoms with Gasteiger partial charge < -0.3 is 49.2 Å². The van der Waals surface area contributed by atoms with Crippen molar-refractivity contribution in [2.75, 3.05) is 62.4 Å². The van der Waals surface area contributed by atoms with Crippen LogP contribution in [0.4, 0.5) is 11.4 Å². The first-order chi connectivity index (χ1) is 20.9. The summed E-state index contributed by atoms with van der Waals surface area (Å²) in [6.07, 6.45) is -0.860. The second kappa shape index (κ2) is 20.4. The number of benzene rings is 1. The van der Waals surface area contributed by atoms with Gasteiger partial charge in [-0.15, -0.1) is 0 Å². The molecule has 1 rings (SSSR count). The number of esters is 4. The molecule has 44 heavy (non-hydrogen) atoms. The molecular formula is C30H40N2O12. The highest BCUT2D eigenvalue weighted by Gasteiger charge is 2.21. The Morgan fingerprint density at radius 2 is 0.727 bits per heavy atom. The van der Waals surface area contributed by atoms with E-state index in [0.29, 0.717) is 11.4 Å². The highest BCUT2D eigenvalue weighted by atomic mass is 16.6. The van der Waals surface area contributed by atoms with Gasteiger partial charge in [0.1, 0.15) is 50.8 Å². The first kappa shape index (κ1) is 37.5. The number of ether oxygens (including phenoxy) is 4. The van der Waals surface area contributed by atoms with Gasteiger partial charge in [-0.25, -0.2) is 19.2 Å². The fourth-order valence-corrected chi connectivity index (χ4v) is 3.62. The third-order valence-electron chi connectivity index (χ3n) is 5.64. The van der Waals surface area contributed by atoms with E-state index in [1.165, 1.54) is 0 Å². The van der Waals surface area contributed by atoms with Gasteiger partial charge in [-0.3, -0.25) is 0 Å². The van der Waals surface area contributed by atoms with E-state index in [-0.39, 0.29) is 52.6 Å². The molecular weight excluding hydrogens is 580 g/mol. The molecule has 0 saturated carbocycles. The van der Waals surface area contributed by atoms with Crippen LogP contribution < -0.4 is 9.80 Å². The molecule has 0 fully saturated rings. The number of aliphatic hydroxyl groups is 4. The summed E-state index contributed by atoms with van der Waals surface area (Å²) >= 11 is 0. The maximum atomic E-state index is 11.4. The summed E-state index contributed by atoms with van der Waals surface area (Å²) < 4.78 is 19.6. The molecule has 14 heteroatoms. The van der Waals surface area contributed by atoms with Crippen LogP contribution in [-0.4, -0.2) is 121 Å². The van der Waals surface area contributed by atoms with E-state index in [0.717, 1.165) is 24.3 Å². The van der Waals surface area contributed by atoms with Crippen molar-refractivity contribution in [2.24, 2.45) is 0 Å². The third-order valence-corrected chi connectivity index (χ3v) is 5.64. The van der Waals surface area contributed by atoms with Crippen LogP contribution in [0.2, 0.25) is 0 Å². The largest absolute Gasteiger partial charge is 0.460 e. The Morgan fingerprint density at radius 3 is 0.909 bits per heavy atom. The van der Waals surface area contributed by atoms with E-state index >= 15 is 0 Å². The van der Waals surface area contributed by atoms with E-state index in [2.05, 4.69) is 26.3 Å². The van der Waals surface area contributed by atoms with Crippen LogP contribution in [0.3, 0.4) is 0 Å². The number of nitrogens with zero attached hydrogens (tertiary/aromatic N) is 2. The molecule has 1 aromatic rings. The minimum Gasteiger partial charge on any atom is -0.460 e. The quantitative estimate of drug-likeness (QED) is 0.0747. The zero-order valence-corrected chi connectivity index (χ0v) is 24.4. The molecule has 4 atom stereocenters. The maximum absolute atomic E-state index is 11.4. The van der Waals surface area contributed by atoms with Crippen molar-refractivity contribution in [3.05, 3.63) is 74.9 Å². The van der Waals surface area contributed by atoms with Crippen LogP contribution in [0.1, 0.15) is 0 Å². The summed E-state index contributed by atoms with van der Waals surface area (Å²) in [6.45, 7) is 11.4. The zero-order valence-electron chi connectivity index (χ0n) is 24.4. The molecule has 0 aliphatic heterocycles. The van der Waals surface area contributed by atoms with Crippen molar-refractivity contribution >= 4 is 35.3 Å². The Kier molecular flexibility index (Phi) is 17.4. The van der Waals surface area contributed by atoms with Gasteiger partial charge >= 0.3 is 23.9 Å². The smallest absolute Gasteiger partial charge is 0.330 e. The molecule has 0 saturated heterocycles. The Morgan fingerprint density at radius 1 is 0.523 bits per heavy atom. The number of hydrogen-bond donors (Lipinski definition) is 4. The lowest BCUT2D eigenvalue weighted by Gasteiger charge is -2.31. The molecule has 0 spiro atoms. The number of carbonyl (C=O) groups is 4. The lowest BCUT2D eigenvalue weighted by Crippen LogP contribution is -2.42. The second-order valence-electron chi connectivity index (χ2n) is 9.28. The topological polar surface area (TPSA) is 193 Å². The Bertz CT molecular complexity index is 973. The Balaban J connectivity index is 3.18. The minimum atomic E-state index is -1.17. The first-order valence-corrected chi connectivity index (χ1v) is 13.4. The molecule has 14 nitrogen and oxygen atoms in total. The van der Waals surface area contributed by atoms with Crippen LogP contribution in [-0.2, 0) is 38.1 Å². The van der Waals surface area contributed by atoms with Crippen molar-refractivity contribution in [3.8, 4) is 0 Å². The molecule has 1 aromatic carbocycles. The van der Waals surface area contributed by atoms with Gasteiger partial charge in [0.25, 0.3) is 0 Å². The van der Waals surface area contributed by atoms with Gasteiger partial charge in [0, 0.05) is 61.9 Å². The minimum absolute atomic E-state index is 0.0965. The van der Waals surface area contributed by atoms with Crippen LogP contribution in [0.25, 0.3) is 0 Å². The van der Waals surface area contributed by atoms with Crippen LogP contribution in [0, 0.1) is 0 Å². The summed E-state index contributed by atoms with van der Waals surface area (Å²) in [6, 6.07) is 6.51. The van der Waals surface area contributed by atoms with E-state index < -0.39 is 48.3 Å². The maximum Gasteiger partial charge on any atom is 0.330 e. The fraction of sp³-hybridized carbons (Fsp3) is 0.400. The molecule has 0 bridgehead atoms. The SMILES string of the molecule is C=CC(=O)OCC(O)CN(CC(O)COC(=O)C=C)c1ccc(N(CC(O)COC(=O)C=C)CC(O)COC(=O)C=C)cc1. The van der Waals surface area contributed by atoms with E-state index in [4.69, 9.17) is 18.9 Å². The molecule has 0 aliphatic rings. The van der Waals surface area contributed by atoms with Crippen molar-refractivity contribution in [3.63, 3.8) is 0 Å². The number of hydrogen-bond acceptors (Lipinski definition) is 14. The van der Waals surface area contributed by atoms with Crippen molar-refractivity contribution in [1.82, 2.24) is 0 Å². The van der Waals surface area contributed by atoms with Gasteiger partial charge in [-0.1, -0.05) is 26.3 Å². The number of anilines is 2. The lowest BCUT2D eigenvalue weighted by atomic mass is 10.2. The van der Waals surface area contributed by atoms with Crippen molar-refractivity contribution < 1.29 is 58.6 Å². The van der Waals surface area contributed by atoms with Gasteiger partial charge in [0.05, 0.1) is 0 Å². The molecule has 0 amide bonds. The average Bonchev–Trinajstić information content (AvgIpc) is 3.02. The average molecular weight is 621 g/mol. The van der Waals surface area contributed by atoms with Gasteiger partial charge in [0.2, 0.25) is 0 Å². The monoisotopic (exact) mass is 620 g/mol. The molecule has 4 unspecified atom stereocenters. The highest BCUT2D eigenvalue weighted by Crippen LogP contribution is 2.23. The molecule has 0 radical (unpaired) electrons. The van der Waals surface area contributed by atoms with Crippen LogP contribution >= 0.6 is 0 Å². The van der Waals surface area contributed by atoms with Gasteiger partial charge in [0.15, 0.2) is 0 Å². The number of carbonyl (C=O) groups excluding carboxylic acids is 4. The summed E-state index contributed by atoms with van der Waals surface area (Å²) in [7, 11) is 0. The van der Waals surface area contributed by atoms with E-state index in [1.807, 2.05) is 0 Å². The predicted molar refractivity (Wildman–Crippen MR) is 160 cm³/mol. The summed E-state index contributed by atoms with van der Waals surface area (Å²) in [5.74, 6) is -2.89. The molecule has 0 aliphatic carbocycles. The number of aliphatic hydroxyl groups excluding tert-OH is 4. The number of rotatable bonds is 22. The fourth-order valence-electron chi connectivity index (χ4n) is 3.62.